The van der Waals surface area contributed by atoms with E-state index in [9.17, 15) is 9.18 Å². The van der Waals surface area contributed by atoms with E-state index in [2.05, 4.69) is 5.32 Å². The number of aliphatic hydroxyl groups excluding tert-OH is 1. The highest BCUT2D eigenvalue weighted by atomic mass is 19.1. The van der Waals surface area contributed by atoms with Crippen LogP contribution in [0.1, 0.15) is 12.0 Å². The SMILES string of the molecule is O=C(NCCCO)OCCc1ccc(F)cc1. The summed E-state index contributed by atoms with van der Waals surface area (Å²) >= 11 is 0. The molecular formula is C12H16FNO3. The third-order valence-electron chi connectivity index (χ3n) is 2.14. The molecule has 2 N–H and O–H groups in total. The molecule has 0 saturated carbocycles. The molecule has 1 rings (SSSR count). The molecule has 5 heteroatoms. The summed E-state index contributed by atoms with van der Waals surface area (Å²) in [6.07, 6.45) is 0.557. The number of nitrogens with one attached hydrogen (secondary N) is 1. The fourth-order valence-electron chi connectivity index (χ4n) is 1.23. The van der Waals surface area contributed by atoms with E-state index in [1.54, 1.807) is 12.1 Å². The standard InChI is InChI=1S/C12H16FNO3/c13-11-4-2-10(3-5-11)6-9-17-12(16)14-7-1-8-15/h2-5,15H,1,6-9H2,(H,14,16). The van der Waals surface area contributed by atoms with Gasteiger partial charge in [0.05, 0.1) is 6.61 Å². The molecule has 1 aromatic rings. The monoisotopic (exact) mass is 241 g/mol. The second kappa shape index (κ2) is 7.62. The highest BCUT2D eigenvalue weighted by Gasteiger charge is 2.01. The van der Waals surface area contributed by atoms with Gasteiger partial charge in [-0.2, -0.15) is 0 Å². The summed E-state index contributed by atoms with van der Waals surface area (Å²) < 4.78 is 17.5. The van der Waals surface area contributed by atoms with Gasteiger partial charge in [-0.3, -0.25) is 0 Å². The van der Waals surface area contributed by atoms with Gasteiger partial charge in [-0.25, -0.2) is 9.18 Å². The molecule has 0 atom stereocenters. The second-order valence-corrected chi connectivity index (χ2v) is 3.52. The van der Waals surface area contributed by atoms with Crippen LogP contribution in [0.25, 0.3) is 0 Å². The molecule has 1 amide bonds. The molecule has 0 bridgehead atoms. The number of carbonyl (C=O) groups excluding carboxylic acids is 1. The van der Waals surface area contributed by atoms with Crippen molar-refractivity contribution in [3.8, 4) is 0 Å². The Kier molecular flexibility index (Phi) is 6.03. The lowest BCUT2D eigenvalue weighted by Crippen LogP contribution is -2.26. The van der Waals surface area contributed by atoms with E-state index in [1.807, 2.05) is 0 Å². The van der Waals surface area contributed by atoms with Crippen molar-refractivity contribution in [2.75, 3.05) is 19.8 Å². The van der Waals surface area contributed by atoms with Crippen LogP contribution in [-0.2, 0) is 11.2 Å². The Labute approximate surface area is 99.4 Å². The number of halogens is 1. The minimum atomic E-state index is -0.499. The van der Waals surface area contributed by atoms with Gasteiger partial charge in [0.25, 0.3) is 0 Å². The molecule has 4 nitrogen and oxygen atoms in total. The molecule has 0 radical (unpaired) electrons. The summed E-state index contributed by atoms with van der Waals surface area (Å²) in [5, 5.41) is 11.0. The summed E-state index contributed by atoms with van der Waals surface area (Å²) in [7, 11) is 0. The van der Waals surface area contributed by atoms with Crippen LogP contribution in [0.4, 0.5) is 9.18 Å². The summed E-state index contributed by atoms with van der Waals surface area (Å²) in [5.74, 6) is -0.281. The van der Waals surface area contributed by atoms with Gasteiger partial charge in [-0.1, -0.05) is 12.1 Å². The summed E-state index contributed by atoms with van der Waals surface area (Å²) in [4.78, 5) is 11.1. The van der Waals surface area contributed by atoms with Crippen LogP contribution in [0.3, 0.4) is 0 Å². The number of hydrogen-bond acceptors (Lipinski definition) is 3. The third-order valence-corrected chi connectivity index (χ3v) is 2.14. The van der Waals surface area contributed by atoms with Crippen molar-refractivity contribution in [1.29, 1.82) is 0 Å². The van der Waals surface area contributed by atoms with Crippen molar-refractivity contribution in [3.05, 3.63) is 35.6 Å². The maximum Gasteiger partial charge on any atom is 0.407 e. The summed E-state index contributed by atoms with van der Waals surface area (Å²) in [6, 6.07) is 6.05. The number of rotatable bonds is 6. The third kappa shape index (κ3) is 5.87. The number of ether oxygens (including phenoxy) is 1. The van der Waals surface area contributed by atoms with E-state index in [1.165, 1.54) is 12.1 Å². The first-order chi connectivity index (χ1) is 8.22. The molecule has 0 aliphatic heterocycles. The number of carbonyl (C=O) groups is 1. The number of alkyl carbamates (subject to hydrolysis) is 1. The minimum absolute atomic E-state index is 0.0376. The van der Waals surface area contributed by atoms with Crippen LogP contribution in [0, 0.1) is 5.82 Å². The number of aliphatic hydroxyl groups is 1. The Morgan fingerprint density at radius 3 is 2.71 bits per heavy atom. The molecule has 17 heavy (non-hydrogen) atoms. The number of amides is 1. The van der Waals surface area contributed by atoms with Crippen molar-refractivity contribution < 1.29 is 19.0 Å². The highest BCUT2D eigenvalue weighted by Crippen LogP contribution is 2.03. The second-order valence-electron chi connectivity index (χ2n) is 3.52. The van der Waals surface area contributed by atoms with Gasteiger partial charge >= 0.3 is 6.09 Å². The lowest BCUT2D eigenvalue weighted by atomic mass is 10.2. The van der Waals surface area contributed by atoms with E-state index < -0.39 is 6.09 Å². The van der Waals surface area contributed by atoms with E-state index in [0.717, 1.165) is 5.56 Å². The molecule has 0 unspecified atom stereocenters. The lowest BCUT2D eigenvalue weighted by Gasteiger charge is -2.06. The van der Waals surface area contributed by atoms with E-state index in [0.29, 0.717) is 19.4 Å². The Morgan fingerprint density at radius 1 is 1.35 bits per heavy atom. The zero-order valence-corrected chi connectivity index (χ0v) is 9.49. The summed E-state index contributed by atoms with van der Waals surface area (Å²) in [6.45, 7) is 0.679. The lowest BCUT2D eigenvalue weighted by molar-refractivity contribution is 0.146. The average Bonchev–Trinajstić information content (AvgIpc) is 2.32. The zero-order chi connectivity index (χ0) is 12.5. The first-order valence-electron chi connectivity index (χ1n) is 5.48. The van der Waals surface area contributed by atoms with E-state index >= 15 is 0 Å². The maximum absolute atomic E-state index is 12.6. The fourth-order valence-corrected chi connectivity index (χ4v) is 1.23. The van der Waals surface area contributed by atoms with Crippen LogP contribution in [0.5, 0.6) is 0 Å². The highest BCUT2D eigenvalue weighted by molar-refractivity contribution is 5.67. The van der Waals surface area contributed by atoms with Gasteiger partial charge in [-0.15, -0.1) is 0 Å². The van der Waals surface area contributed by atoms with Gasteiger partial charge < -0.3 is 15.2 Å². The Hall–Kier alpha value is -1.62. The predicted octanol–water partition coefficient (Wildman–Crippen LogP) is 1.48. The van der Waals surface area contributed by atoms with Crippen LogP contribution in [0.15, 0.2) is 24.3 Å². The Morgan fingerprint density at radius 2 is 2.06 bits per heavy atom. The van der Waals surface area contributed by atoms with Gasteiger partial charge in [0.15, 0.2) is 0 Å². The number of hydrogen-bond donors (Lipinski definition) is 2. The van der Waals surface area contributed by atoms with Crippen LogP contribution in [-0.4, -0.2) is 31.0 Å². The van der Waals surface area contributed by atoms with Crippen molar-refractivity contribution in [1.82, 2.24) is 5.32 Å². The normalized spacial score (nSPS) is 10.0. The van der Waals surface area contributed by atoms with Crippen molar-refractivity contribution in [2.45, 2.75) is 12.8 Å². The van der Waals surface area contributed by atoms with Crippen LogP contribution in [0.2, 0.25) is 0 Å². The molecule has 0 aliphatic carbocycles. The Bertz CT molecular complexity index is 340. The fraction of sp³-hybridized carbons (Fsp3) is 0.417. The minimum Gasteiger partial charge on any atom is -0.449 e. The first-order valence-corrected chi connectivity index (χ1v) is 5.48. The molecular weight excluding hydrogens is 225 g/mol. The Balaban J connectivity index is 2.14. The smallest absolute Gasteiger partial charge is 0.407 e. The number of benzene rings is 1. The largest absolute Gasteiger partial charge is 0.449 e. The molecule has 0 fully saturated rings. The van der Waals surface area contributed by atoms with Crippen LogP contribution >= 0.6 is 0 Å². The first kappa shape index (κ1) is 13.4. The van der Waals surface area contributed by atoms with Crippen molar-refractivity contribution in [2.24, 2.45) is 0 Å². The molecule has 94 valence electrons. The zero-order valence-electron chi connectivity index (χ0n) is 9.49. The van der Waals surface area contributed by atoms with Crippen LogP contribution < -0.4 is 5.32 Å². The molecule has 0 saturated heterocycles. The average molecular weight is 241 g/mol. The summed E-state index contributed by atoms with van der Waals surface area (Å²) in [5.41, 5.74) is 0.912. The topological polar surface area (TPSA) is 58.6 Å². The predicted molar refractivity (Wildman–Crippen MR) is 61.2 cm³/mol. The van der Waals surface area contributed by atoms with Crippen molar-refractivity contribution >= 4 is 6.09 Å². The van der Waals surface area contributed by atoms with Gasteiger partial charge in [0.1, 0.15) is 5.82 Å². The van der Waals surface area contributed by atoms with Gasteiger partial charge in [0.2, 0.25) is 0 Å². The molecule has 1 aromatic carbocycles. The molecule has 0 aliphatic rings. The molecule has 0 aromatic heterocycles. The van der Waals surface area contributed by atoms with E-state index in [4.69, 9.17) is 9.84 Å². The van der Waals surface area contributed by atoms with E-state index in [-0.39, 0.29) is 19.0 Å². The molecule has 0 spiro atoms. The molecule has 0 heterocycles. The van der Waals surface area contributed by atoms with Gasteiger partial charge in [0, 0.05) is 19.6 Å². The maximum atomic E-state index is 12.6. The van der Waals surface area contributed by atoms with Crippen molar-refractivity contribution in [3.63, 3.8) is 0 Å². The van der Waals surface area contributed by atoms with Gasteiger partial charge in [-0.05, 0) is 24.1 Å². The quantitative estimate of drug-likeness (QED) is 0.742.